The molecule has 0 aliphatic carbocycles. The first kappa shape index (κ1) is 14.4. The molecule has 0 atom stereocenters. The first-order valence-corrected chi connectivity index (χ1v) is 7.12. The molecule has 0 aliphatic heterocycles. The molecule has 20 heavy (non-hydrogen) atoms. The van der Waals surface area contributed by atoms with Crippen LogP contribution in [0.15, 0.2) is 48.5 Å². The standard InChI is InChI=1S/C17H17ClN2/c1-20(10-9-14-5-3-2-4-6-14)17-8-7-15(12-18)11-16(17)13-19/h2-8,11H,9-10,12H2,1H3. The zero-order chi connectivity index (χ0) is 14.4. The maximum Gasteiger partial charge on any atom is 0.101 e. The fraction of sp³-hybridized carbons (Fsp3) is 0.235. The summed E-state index contributed by atoms with van der Waals surface area (Å²) in [5.41, 5.74) is 3.91. The van der Waals surface area contributed by atoms with Crippen LogP contribution in [0.1, 0.15) is 16.7 Å². The molecule has 102 valence electrons. The van der Waals surface area contributed by atoms with Crippen molar-refractivity contribution in [2.75, 3.05) is 18.5 Å². The van der Waals surface area contributed by atoms with Gasteiger partial charge in [0, 0.05) is 19.5 Å². The van der Waals surface area contributed by atoms with E-state index in [4.69, 9.17) is 11.6 Å². The number of halogens is 1. The van der Waals surface area contributed by atoms with Crippen LogP contribution < -0.4 is 4.90 Å². The van der Waals surface area contributed by atoms with Crippen LogP contribution in [0.2, 0.25) is 0 Å². The number of anilines is 1. The van der Waals surface area contributed by atoms with Gasteiger partial charge in [-0.2, -0.15) is 5.26 Å². The van der Waals surface area contributed by atoms with Crippen molar-refractivity contribution in [1.82, 2.24) is 0 Å². The number of nitrogens with zero attached hydrogens (tertiary/aromatic N) is 2. The van der Waals surface area contributed by atoms with Crippen LogP contribution in [0, 0.1) is 11.3 Å². The van der Waals surface area contributed by atoms with E-state index >= 15 is 0 Å². The van der Waals surface area contributed by atoms with Crippen molar-refractivity contribution in [3.63, 3.8) is 0 Å². The largest absolute Gasteiger partial charge is 0.373 e. The van der Waals surface area contributed by atoms with Crippen LogP contribution in [0.4, 0.5) is 5.69 Å². The average molecular weight is 285 g/mol. The summed E-state index contributed by atoms with van der Waals surface area (Å²) in [5, 5.41) is 9.25. The van der Waals surface area contributed by atoms with Gasteiger partial charge >= 0.3 is 0 Å². The number of hydrogen-bond acceptors (Lipinski definition) is 2. The molecule has 0 radical (unpaired) electrons. The zero-order valence-electron chi connectivity index (χ0n) is 11.5. The third-order valence-corrected chi connectivity index (χ3v) is 3.63. The second-order valence-electron chi connectivity index (χ2n) is 4.75. The van der Waals surface area contributed by atoms with Gasteiger partial charge in [-0.3, -0.25) is 0 Å². The molecular weight excluding hydrogens is 268 g/mol. The summed E-state index contributed by atoms with van der Waals surface area (Å²) in [6, 6.07) is 18.4. The molecule has 0 saturated carbocycles. The topological polar surface area (TPSA) is 27.0 Å². The Morgan fingerprint density at radius 3 is 2.50 bits per heavy atom. The monoisotopic (exact) mass is 284 g/mol. The maximum atomic E-state index is 9.25. The van der Waals surface area contributed by atoms with Gasteiger partial charge in [0.25, 0.3) is 0 Å². The zero-order valence-corrected chi connectivity index (χ0v) is 12.3. The SMILES string of the molecule is CN(CCc1ccccc1)c1ccc(CCl)cc1C#N. The number of hydrogen-bond donors (Lipinski definition) is 0. The molecule has 0 saturated heterocycles. The Balaban J connectivity index is 2.09. The van der Waals surface area contributed by atoms with E-state index in [1.807, 2.05) is 43.4 Å². The highest BCUT2D eigenvalue weighted by molar-refractivity contribution is 6.17. The molecule has 2 aromatic rings. The van der Waals surface area contributed by atoms with Crippen molar-refractivity contribution in [2.45, 2.75) is 12.3 Å². The Labute approximate surface area is 125 Å². The van der Waals surface area contributed by atoms with Crippen molar-refractivity contribution in [3.05, 3.63) is 65.2 Å². The highest BCUT2D eigenvalue weighted by Crippen LogP contribution is 2.21. The molecule has 0 amide bonds. The van der Waals surface area contributed by atoms with Gasteiger partial charge in [-0.15, -0.1) is 11.6 Å². The van der Waals surface area contributed by atoms with Gasteiger partial charge in [0.1, 0.15) is 6.07 Å². The normalized spacial score (nSPS) is 10.1. The van der Waals surface area contributed by atoms with Crippen molar-refractivity contribution < 1.29 is 0 Å². The molecule has 0 N–H and O–H groups in total. The summed E-state index contributed by atoms with van der Waals surface area (Å²) >= 11 is 5.81. The second kappa shape index (κ2) is 6.98. The van der Waals surface area contributed by atoms with E-state index in [1.54, 1.807) is 0 Å². The Hall–Kier alpha value is -1.98. The summed E-state index contributed by atoms with van der Waals surface area (Å²) in [5.74, 6) is 0.433. The van der Waals surface area contributed by atoms with Crippen LogP contribution in [-0.2, 0) is 12.3 Å². The molecule has 3 heteroatoms. The fourth-order valence-electron chi connectivity index (χ4n) is 2.15. The minimum Gasteiger partial charge on any atom is -0.373 e. The Kier molecular flexibility index (Phi) is 5.03. The minimum absolute atomic E-state index is 0.433. The van der Waals surface area contributed by atoms with Gasteiger partial charge in [-0.25, -0.2) is 0 Å². The van der Waals surface area contributed by atoms with Crippen LogP contribution in [-0.4, -0.2) is 13.6 Å². The van der Waals surface area contributed by atoms with Gasteiger partial charge in [-0.05, 0) is 29.7 Å². The minimum atomic E-state index is 0.433. The summed E-state index contributed by atoms with van der Waals surface area (Å²) < 4.78 is 0. The fourth-order valence-corrected chi connectivity index (χ4v) is 2.32. The lowest BCUT2D eigenvalue weighted by molar-refractivity contribution is 0.875. The number of rotatable bonds is 5. The molecule has 0 aromatic heterocycles. The molecule has 0 aliphatic rings. The van der Waals surface area contributed by atoms with Gasteiger partial charge in [0.15, 0.2) is 0 Å². The highest BCUT2D eigenvalue weighted by atomic mass is 35.5. The Bertz CT molecular complexity index is 602. The number of alkyl halides is 1. The van der Waals surface area contributed by atoms with E-state index in [2.05, 4.69) is 23.1 Å². The average Bonchev–Trinajstić information content (AvgIpc) is 2.52. The molecule has 0 spiro atoms. The molecule has 0 unspecified atom stereocenters. The van der Waals surface area contributed by atoms with Crippen LogP contribution in [0.3, 0.4) is 0 Å². The number of nitriles is 1. The lowest BCUT2D eigenvalue weighted by Gasteiger charge is -2.21. The van der Waals surface area contributed by atoms with Crippen LogP contribution in [0.25, 0.3) is 0 Å². The first-order chi connectivity index (χ1) is 9.74. The molecule has 0 bridgehead atoms. The lowest BCUT2D eigenvalue weighted by atomic mass is 10.1. The molecule has 0 fully saturated rings. The summed E-state index contributed by atoms with van der Waals surface area (Å²) in [6.45, 7) is 0.874. The predicted octanol–water partition coefficient (Wildman–Crippen LogP) is 3.98. The molecule has 0 heterocycles. The van der Waals surface area contributed by atoms with Gasteiger partial charge in [-0.1, -0.05) is 36.4 Å². The van der Waals surface area contributed by atoms with Crippen LogP contribution >= 0.6 is 11.6 Å². The van der Waals surface area contributed by atoms with Crippen molar-refractivity contribution in [3.8, 4) is 6.07 Å². The smallest absolute Gasteiger partial charge is 0.101 e. The quantitative estimate of drug-likeness (QED) is 0.777. The predicted molar refractivity (Wildman–Crippen MR) is 84.1 cm³/mol. The van der Waals surface area contributed by atoms with Gasteiger partial charge in [0.2, 0.25) is 0 Å². The summed E-state index contributed by atoms with van der Waals surface area (Å²) in [4.78, 5) is 2.11. The van der Waals surface area contributed by atoms with E-state index in [0.717, 1.165) is 24.2 Å². The summed E-state index contributed by atoms with van der Waals surface area (Å²) in [7, 11) is 2.01. The number of benzene rings is 2. The van der Waals surface area contributed by atoms with E-state index in [0.29, 0.717) is 11.4 Å². The maximum absolute atomic E-state index is 9.25. The van der Waals surface area contributed by atoms with E-state index in [-0.39, 0.29) is 0 Å². The third-order valence-electron chi connectivity index (χ3n) is 3.33. The Morgan fingerprint density at radius 1 is 1.10 bits per heavy atom. The molecule has 2 rings (SSSR count). The number of likely N-dealkylation sites (N-methyl/N-ethyl adjacent to an activating group) is 1. The van der Waals surface area contributed by atoms with Crippen LogP contribution in [0.5, 0.6) is 0 Å². The first-order valence-electron chi connectivity index (χ1n) is 6.58. The van der Waals surface area contributed by atoms with Gasteiger partial charge < -0.3 is 4.90 Å². The van der Waals surface area contributed by atoms with Crippen molar-refractivity contribution in [1.29, 1.82) is 5.26 Å². The van der Waals surface area contributed by atoms with Gasteiger partial charge in [0.05, 0.1) is 11.3 Å². The molecule has 2 aromatic carbocycles. The molecule has 2 nitrogen and oxygen atoms in total. The lowest BCUT2D eigenvalue weighted by Crippen LogP contribution is -2.21. The highest BCUT2D eigenvalue weighted by Gasteiger charge is 2.08. The summed E-state index contributed by atoms with van der Waals surface area (Å²) in [6.07, 6.45) is 0.958. The second-order valence-corrected chi connectivity index (χ2v) is 5.02. The van der Waals surface area contributed by atoms with E-state index in [1.165, 1.54) is 5.56 Å². The Morgan fingerprint density at radius 2 is 1.85 bits per heavy atom. The van der Waals surface area contributed by atoms with Crippen molar-refractivity contribution in [2.24, 2.45) is 0 Å². The van der Waals surface area contributed by atoms with Crippen molar-refractivity contribution >= 4 is 17.3 Å². The van der Waals surface area contributed by atoms with E-state index < -0.39 is 0 Å². The third kappa shape index (κ3) is 3.53. The van der Waals surface area contributed by atoms with E-state index in [9.17, 15) is 5.26 Å². The molecular formula is C17H17ClN2.